The van der Waals surface area contributed by atoms with Gasteiger partial charge in [-0.2, -0.15) is 0 Å². The van der Waals surface area contributed by atoms with Crippen LogP contribution in [0.2, 0.25) is 0 Å². The summed E-state index contributed by atoms with van der Waals surface area (Å²) in [6, 6.07) is 0. The predicted octanol–water partition coefficient (Wildman–Crippen LogP) is 3.28. The van der Waals surface area contributed by atoms with Crippen LogP contribution in [0.4, 0.5) is 0 Å². The third kappa shape index (κ3) is 9.38. The Kier molecular flexibility index (Phi) is 13.1. The maximum Gasteiger partial charge on any atom is 0.302 e. The molecule has 2 heterocycles. The van der Waals surface area contributed by atoms with Gasteiger partial charge in [0.25, 0.3) is 0 Å². The fourth-order valence-electron chi connectivity index (χ4n) is 4.83. The van der Waals surface area contributed by atoms with Gasteiger partial charge in [-0.15, -0.1) is 0 Å². The minimum absolute atomic E-state index is 0.00615. The number of hydrogen-bond acceptors (Lipinski definition) is 10. The summed E-state index contributed by atoms with van der Waals surface area (Å²) in [5.41, 5.74) is 0. The maximum atomic E-state index is 11.6. The molecule has 2 aliphatic rings. The van der Waals surface area contributed by atoms with E-state index in [9.17, 15) is 14.4 Å². The highest BCUT2D eigenvalue weighted by Crippen LogP contribution is 2.40. The molecule has 37 heavy (non-hydrogen) atoms. The standard InChI is InChI=1S/C26H45NO9S/c1-14-15(2)21(12-32-19(6)28)34-26(17(14)4)36-24-16(3)18(5)25(35-22(24)13-33-20(7)29)31-11-9-8-10-23(30)27-37/h14-18,21-22,24-26,37H,8-13H2,1-7H3,(H,27,30). The molecule has 0 bridgehead atoms. The van der Waals surface area contributed by atoms with Crippen molar-refractivity contribution < 1.29 is 42.8 Å². The molecule has 10 nitrogen and oxygen atoms in total. The van der Waals surface area contributed by atoms with Crippen LogP contribution in [0, 0.1) is 29.6 Å². The summed E-state index contributed by atoms with van der Waals surface area (Å²) in [7, 11) is 0. The minimum Gasteiger partial charge on any atom is -0.463 e. The van der Waals surface area contributed by atoms with Crippen LogP contribution >= 0.6 is 12.8 Å². The van der Waals surface area contributed by atoms with Gasteiger partial charge in [0.2, 0.25) is 5.91 Å². The van der Waals surface area contributed by atoms with Crippen molar-refractivity contribution in [2.45, 2.75) is 98.6 Å². The van der Waals surface area contributed by atoms with Crippen LogP contribution in [0.25, 0.3) is 0 Å². The maximum absolute atomic E-state index is 11.6. The molecule has 2 rings (SSSR count). The van der Waals surface area contributed by atoms with Crippen molar-refractivity contribution >= 4 is 30.7 Å². The highest BCUT2D eigenvalue weighted by atomic mass is 32.1. The summed E-state index contributed by atoms with van der Waals surface area (Å²) in [5, 5.41) is 0. The largest absolute Gasteiger partial charge is 0.463 e. The lowest BCUT2D eigenvalue weighted by atomic mass is 9.78. The number of hydrogen-bond donors (Lipinski definition) is 2. The molecule has 0 aromatic rings. The van der Waals surface area contributed by atoms with Crippen molar-refractivity contribution in [1.29, 1.82) is 0 Å². The lowest BCUT2D eigenvalue weighted by molar-refractivity contribution is -0.328. The molecule has 214 valence electrons. The van der Waals surface area contributed by atoms with Crippen LogP contribution in [0.15, 0.2) is 0 Å². The van der Waals surface area contributed by atoms with Crippen LogP contribution in [0.5, 0.6) is 0 Å². The number of ether oxygens (including phenoxy) is 6. The topological polar surface area (TPSA) is 119 Å². The van der Waals surface area contributed by atoms with E-state index in [0.717, 1.165) is 0 Å². The number of amides is 1. The molecule has 0 aliphatic carbocycles. The van der Waals surface area contributed by atoms with Crippen LogP contribution in [-0.4, -0.2) is 68.6 Å². The fourth-order valence-corrected chi connectivity index (χ4v) is 4.94. The summed E-state index contributed by atoms with van der Waals surface area (Å²) in [5.74, 6) is -0.341. The smallest absolute Gasteiger partial charge is 0.302 e. The van der Waals surface area contributed by atoms with Gasteiger partial charge in [-0.25, -0.2) is 0 Å². The first-order valence-electron chi connectivity index (χ1n) is 13.2. The Labute approximate surface area is 226 Å². The number of carbonyl (C=O) groups is 3. The molecule has 1 N–H and O–H groups in total. The molecule has 0 spiro atoms. The quantitative estimate of drug-likeness (QED) is 0.216. The minimum atomic E-state index is -0.549. The Balaban J connectivity index is 2.08. The van der Waals surface area contributed by atoms with Gasteiger partial charge in [-0.3, -0.25) is 14.4 Å². The Morgan fingerprint density at radius 3 is 1.92 bits per heavy atom. The summed E-state index contributed by atoms with van der Waals surface area (Å²) >= 11 is 3.76. The van der Waals surface area contributed by atoms with Gasteiger partial charge < -0.3 is 33.1 Å². The van der Waals surface area contributed by atoms with Gasteiger partial charge >= 0.3 is 11.9 Å². The third-order valence-corrected chi connectivity index (χ3v) is 8.08. The van der Waals surface area contributed by atoms with E-state index in [-0.39, 0.29) is 60.8 Å². The molecule has 2 fully saturated rings. The molecule has 2 saturated heterocycles. The lowest BCUT2D eigenvalue weighted by Gasteiger charge is -2.48. The number of unbranched alkanes of at least 4 members (excludes halogenated alkanes) is 1. The Morgan fingerprint density at radius 1 is 0.757 bits per heavy atom. The van der Waals surface area contributed by atoms with E-state index in [2.05, 4.69) is 45.2 Å². The zero-order valence-electron chi connectivity index (χ0n) is 23.1. The van der Waals surface area contributed by atoms with Crippen molar-refractivity contribution in [3.05, 3.63) is 0 Å². The average Bonchev–Trinajstić information content (AvgIpc) is 2.85. The van der Waals surface area contributed by atoms with Crippen LogP contribution in [0.1, 0.15) is 67.7 Å². The van der Waals surface area contributed by atoms with Gasteiger partial charge in [0.05, 0.1) is 12.2 Å². The fraction of sp³-hybridized carbons (Fsp3) is 0.885. The van der Waals surface area contributed by atoms with Gasteiger partial charge in [-0.05, 0) is 30.6 Å². The van der Waals surface area contributed by atoms with Crippen molar-refractivity contribution in [3.63, 3.8) is 0 Å². The highest BCUT2D eigenvalue weighted by molar-refractivity contribution is 7.78. The second-order valence-electron chi connectivity index (χ2n) is 10.5. The average molecular weight is 548 g/mol. The van der Waals surface area contributed by atoms with Crippen molar-refractivity contribution in [2.24, 2.45) is 29.6 Å². The second-order valence-corrected chi connectivity index (χ2v) is 10.7. The first-order chi connectivity index (χ1) is 17.5. The van der Waals surface area contributed by atoms with Crippen LogP contribution in [-0.2, 0) is 42.8 Å². The van der Waals surface area contributed by atoms with E-state index in [1.54, 1.807) is 0 Å². The van der Waals surface area contributed by atoms with Gasteiger partial charge in [0.1, 0.15) is 19.3 Å². The summed E-state index contributed by atoms with van der Waals surface area (Å²) < 4.78 is 38.0. The van der Waals surface area contributed by atoms with Gasteiger partial charge in [0.15, 0.2) is 12.6 Å². The van der Waals surface area contributed by atoms with Gasteiger partial charge in [-0.1, -0.05) is 47.4 Å². The first-order valence-corrected chi connectivity index (χ1v) is 13.7. The molecular formula is C26H45NO9S. The van der Waals surface area contributed by atoms with E-state index >= 15 is 0 Å². The van der Waals surface area contributed by atoms with E-state index in [0.29, 0.717) is 25.9 Å². The van der Waals surface area contributed by atoms with E-state index < -0.39 is 30.8 Å². The van der Waals surface area contributed by atoms with Crippen molar-refractivity contribution in [2.75, 3.05) is 19.8 Å². The summed E-state index contributed by atoms with van der Waals surface area (Å²) in [6.07, 6.45) is -0.532. The second kappa shape index (κ2) is 15.3. The Hall–Kier alpha value is -1.40. The molecule has 1 amide bonds. The molecule has 0 aromatic carbocycles. The number of thiol groups is 1. The third-order valence-electron chi connectivity index (χ3n) is 7.83. The number of rotatable bonds is 12. The number of nitrogens with one attached hydrogen (secondary N) is 1. The van der Waals surface area contributed by atoms with E-state index in [1.807, 2.05) is 6.92 Å². The molecule has 0 radical (unpaired) electrons. The zero-order chi connectivity index (χ0) is 27.7. The molecular weight excluding hydrogens is 502 g/mol. The normalized spacial score (nSPS) is 36.0. The van der Waals surface area contributed by atoms with Crippen molar-refractivity contribution in [1.82, 2.24) is 4.72 Å². The van der Waals surface area contributed by atoms with Gasteiger partial charge in [0, 0.05) is 38.7 Å². The Morgan fingerprint density at radius 2 is 1.32 bits per heavy atom. The van der Waals surface area contributed by atoms with Crippen molar-refractivity contribution in [3.8, 4) is 0 Å². The first kappa shape index (κ1) is 31.8. The summed E-state index contributed by atoms with van der Waals surface area (Å²) in [4.78, 5) is 34.3. The molecule has 10 unspecified atom stereocenters. The number of carbonyl (C=O) groups excluding carboxylic acids is 3. The molecule has 0 saturated carbocycles. The molecule has 10 atom stereocenters. The molecule has 0 aromatic heterocycles. The molecule has 2 aliphatic heterocycles. The highest BCUT2D eigenvalue weighted by Gasteiger charge is 2.47. The molecule has 11 heteroatoms. The van der Waals surface area contributed by atoms with E-state index in [1.165, 1.54) is 13.8 Å². The zero-order valence-corrected chi connectivity index (χ0v) is 24.0. The SMILES string of the molecule is CC(=O)OCC1OC(OC2C(COC(C)=O)OC(OCCCCC(=O)NS)C(C)C2C)C(C)C(C)C1C. The van der Waals surface area contributed by atoms with Crippen LogP contribution < -0.4 is 4.72 Å². The van der Waals surface area contributed by atoms with Crippen LogP contribution in [0.3, 0.4) is 0 Å². The lowest BCUT2D eigenvalue weighted by Crippen LogP contribution is -2.56. The summed E-state index contributed by atoms with van der Waals surface area (Å²) in [6.45, 7) is 13.8. The monoisotopic (exact) mass is 547 g/mol. The predicted molar refractivity (Wildman–Crippen MR) is 138 cm³/mol. The van der Waals surface area contributed by atoms with E-state index in [4.69, 9.17) is 28.4 Å². The number of esters is 2. The Bertz CT molecular complexity index is 754.